The Balaban J connectivity index is 2.39. The lowest BCUT2D eigenvalue weighted by Crippen LogP contribution is -1.82. The Morgan fingerprint density at radius 3 is 2.50 bits per heavy atom. The minimum atomic E-state index is 0.896. The topological polar surface area (TPSA) is 0 Å². The first-order valence-corrected chi connectivity index (χ1v) is 4.70. The molecule has 0 unspecified atom stereocenters. The summed E-state index contributed by atoms with van der Waals surface area (Å²) in [6.07, 6.45) is 2.81. The number of halogens is 1. The molecule has 1 aromatic carbocycles. The maximum absolute atomic E-state index is 2.42. The van der Waals surface area contributed by atoms with E-state index in [1.165, 1.54) is 16.4 Å². The second-order valence-electron chi connectivity index (χ2n) is 2.80. The minimum Gasteiger partial charge on any atom is -0.0619 e. The molecule has 0 amide bonds. The van der Waals surface area contributed by atoms with Crippen LogP contribution in [0.3, 0.4) is 0 Å². The molecule has 1 aliphatic rings. The SMILES string of the molecule is Ic1ccccc1C1CC1. The van der Waals surface area contributed by atoms with Crippen LogP contribution in [-0.4, -0.2) is 0 Å². The molecule has 1 aromatic rings. The normalized spacial score (nSPS) is 17.3. The third-order valence-corrected chi connectivity index (χ3v) is 2.90. The van der Waals surface area contributed by atoms with Crippen LogP contribution < -0.4 is 0 Å². The van der Waals surface area contributed by atoms with E-state index in [1.54, 1.807) is 5.56 Å². The molecule has 0 atom stereocenters. The Labute approximate surface area is 74.8 Å². The lowest BCUT2D eigenvalue weighted by molar-refractivity contribution is 1.12. The molecule has 1 saturated carbocycles. The zero-order valence-corrected chi connectivity index (χ0v) is 7.84. The largest absolute Gasteiger partial charge is 0.0619 e. The first-order valence-electron chi connectivity index (χ1n) is 3.62. The molecular formula is C9H9I. The second-order valence-corrected chi connectivity index (χ2v) is 3.96. The van der Waals surface area contributed by atoms with Crippen LogP contribution >= 0.6 is 22.6 Å². The maximum Gasteiger partial charge on any atom is 0.0165 e. The Bertz CT molecular complexity index is 238. The highest BCUT2D eigenvalue weighted by Crippen LogP contribution is 2.41. The van der Waals surface area contributed by atoms with E-state index in [0.717, 1.165) is 5.92 Å². The van der Waals surface area contributed by atoms with Gasteiger partial charge in [-0.05, 0) is 53.0 Å². The van der Waals surface area contributed by atoms with Gasteiger partial charge in [-0.15, -0.1) is 0 Å². The summed E-state index contributed by atoms with van der Waals surface area (Å²) in [5.41, 5.74) is 1.56. The predicted octanol–water partition coefficient (Wildman–Crippen LogP) is 3.17. The monoisotopic (exact) mass is 244 g/mol. The fraction of sp³-hybridized carbons (Fsp3) is 0.333. The van der Waals surface area contributed by atoms with Crippen molar-refractivity contribution >= 4 is 22.6 Å². The predicted molar refractivity (Wildman–Crippen MR) is 51.1 cm³/mol. The zero-order valence-electron chi connectivity index (χ0n) is 5.68. The maximum atomic E-state index is 2.42. The smallest absolute Gasteiger partial charge is 0.0165 e. The van der Waals surface area contributed by atoms with Gasteiger partial charge in [-0.1, -0.05) is 18.2 Å². The standard InChI is InChI=1S/C9H9I/c10-9-4-2-1-3-8(9)7-5-6-7/h1-4,7H,5-6H2. The number of rotatable bonds is 1. The van der Waals surface area contributed by atoms with E-state index in [4.69, 9.17) is 0 Å². The van der Waals surface area contributed by atoms with Crippen molar-refractivity contribution in [3.8, 4) is 0 Å². The first kappa shape index (κ1) is 6.65. The highest BCUT2D eigenvalue weighted by Gasteiger charge is 2.24. The molecule has 0 bridgehead atoms. The van der Waals surface area contributed by atoms with Gasteiger partial charge in [-0.3, -0.25) is 0 Å². The quantitative estimate of drug-likeness (QED) is 0.665. The van der Waals surface area contributed by atoms with Gasteiger partial charge in [-0.25, -0.2) is 0 Å². The molecule has 1 fully saturated rings. The van der Waals surface area contributed by atoms with E-state index in [1.807, 2.05) is 0 Å². The molecule has 0 nitrogen and oxygen atoms in total. The molecule has 10 heavy (non-hydrogen) atoms. The summed E-state index contributed by atoms with van der Waals surface area (Å²) in [6.45, 7) is 0. The lowest BCUT2D eigenvalue weighted by Gasteiger charge is -1.98. The van der Waals surface area contributed by atoms with Crippen molar-refractivity contribution in [2.24, 2.45) is 0 Å². The van der Waals surface area contributed by atoms with Gasteiger partial charge < -0.3 is 0 Å². The van der Waals surface area contributed by atoms with E-state index in [0.29, 0.717) is 0 Å². The lowest BCUT2D eigenvalue weighted by atomic mass is 10.1. The molecule has 0 aromatic heterocycles. The third kappa shape index (κ3) is 1.19. The van der Waals surface area contributed by atoms with Crippen molar-refractivity contribution in [3.63, 3.8) is 0 Å². The number of benzene rings is 1. The Kier molecular flexibility index (Phi) is 1.68. The van der Waals surface area contributed by atoms with E-state index in [-0.39, 0.29) is 0 Å². The average Bonchev–Trinajstić information content (AvgIpc) is 2.71. The molecule has 1 heteroatoms. The summed E-state index contributed by atoms with van der Waals surface area (Å²) in [5.74, 6) is 0.896. The first-order chi connectivity index (χ1) is 4.88. The van der Waals surface area contributed by atoms with Crippen molar-refractivity contribution in [3.05, 3.63) is 33.4 Å². The molecule has 1 aliphatic carbocycles. The zero-order chi connectivity index (χ0) is 6.97. The highest BCUT2D eigenvalue weighted by molar-refractivity contribution is 14.1. The van der Waals surface area contributed by atoms with Crippen molar-refractivity contribution in [1.82, 2.24) is 0 Å². The molecule has 0 N–H and O–H groups in total. The second kappa shape index (κ2) is 2.53. The summed E-state index contributed by atoms with van der Waals surface area (Å²) < 4.78 is 1.43. The van der Waals surface area contributed by atoms with Crippen LogP contribution in [0.4, 0.5) is 0 Å². The molecule has 0 heterocycles. The van der Waals surface area contributed by atoms with Gasteiger partial charge in [0.1, 0.15) is 0 Å². The van der Waals surface area contributed by atoms with Gasteiger partial charge in [0.15, 0.2) is 0 Å². The van der Waals surface area contributed by atoms with Crippen LogP contribution in [-0.2, 0) is 0 Å². The van der Waals surface area contributed by atoms with Gasteiger partial charge in [0.2, 0.25) is 0 Å². The fourth-order valence-corrected chi connectivity index (χ4v) is 2.03. The Morgan fingerprint density at radius 1 is 1.20 bits per heavy atom. The molecule has 52 valence electrons. The van der Waals surface area contributed by atoms with E-state index in [2.05, 4.69) is 46.9 Å². The Morgan fingerprint density at radius 2 is 1.90 bits per heavy atom. The molecule has 0 saturated heterocycles. The van der Waals surface area contributed by atoms with Crippen LogP contribution in [0.2, 0.25) is 0 Å². The van der Waals surface area contributed by atoms with Gasteiger partial charge in [-0.2, -0.15) is 0 Å². The van der Waals surface area contributed by atoms with Crippen molar-refractivity contribution in [1.29, 1.82) is 0 Å². The van der Waals surface area contributed by atoms with Gasteiger partial charge in [0.05, 0.1) is 0 Å². The van der Waals surface area contributed by atoms with Crippen LogP contribution in [0.15, 0.2) is 24.3 Å². The van der Waals surface area contributed by atoms with Crippen LogP contribution in [0.25, 0.3) is 0 Å². The van der Waals surface area contributed by atoms with Crippen molar-refractivity contribution in [2.45, 2.75) is 18.8 Å². The third-order valence-electron chi connectivity index (χ3n) is 1.92. The molecule has 0 radical (unpaired) electrons. The van der Waals surface area contributed by atoms with Crippen molar-refractivity contribution < 1.29 is 0 Å². The van der Waals surface area contributed by atoms with Crippen LogP contribution in [0, 0.1) is 3.57 Å². The molecule has 0 aliphatic heterocycles. The average molecular weight is 244 g/mol. The fourth-order valence-electron chi connectivity index (χ4n) is 1.20. The number of hydrogen-bond donors (Lipinski definition) is 0. The van der Waals surface area contributed by atoms with Gasteiger partial charge in [0, 0.05) is 3.57 Å². The van der Waals surface area contributed by atoms with E-state index < -0.39 is 0 Å². The summed E-state index contributed by atoms with van der Waals surface area (Å²) in [6, 6.07) is 8.68. The number of hydrogen-bond acceptors (Lipinski definition) is 0. The van der Waals surface area contributed by atoms with E-state index >= 15 is 0 Å². The van der Waals surface area contributed by atoms with Crippen LogP contribution in [0.1, 0.15) is 24.3 Å². The van der Waals surface area contributed by atoms with Gasteiger partial charge in [0.25, 0.3) is 0 Å². The summed E-state index contributed by atoms with van der Waals surface area (Å²) >= 11 is 2.42. The Hall–Kier alpha value is -0.0500. The van der Waals surface area contributed by atoms with E-state index in [9.17, 15) is 0 Å². The van der Waals surface area contributed by atoms with Crippen LogP contribution in [0.5, 0.6) is 0 Å². The highest BCUT2D eigenvalue weighted by atomic mass is 127. The van der Waals surface area contributed by atoms with Gasteiger partial charge >= 0.3 is 0 Å². The van der Waals surface area contributed by atoms with Crippen molar-refractivity contribution in [2.75, 3.05) is 0 Å². The molecule has 0 spiro atoms. The summed E-state index contributed by atoms with van der Waals surface area (Å²) in [7, 11) is 0. The molecule has 2 rings (SSSR count). The summed E-state index contributed by atoms with van der Waals surface area (Å²) in [5, 5.41) is 0. The summed E-state index contributed by atoms with van der Waals surface area (Å²) in [4.78, 5) is 0. The minimum absolute atomic E-state index is 0.896. The molecular weight excluding hydrogens is 235 g/mol.